The molecule has 0 saturated carbocycles. The Kier molecular flexibility index (Phi) is 7.47. The number of halogens is 2. The highest BCUT2D eigenvalue weighted by Crippen LogP contribution is 2.21. The molecule has 1 aliphatic heterocycles. The van der Waals surface area contributed by atoms with Gasteiger partial charge in [0.15, 0.2) is 0 Å². The Morgan fingerprint density at radius 1 is 0.909 bits per heavy atom. The fraction of sp³-hybridized carbons (Fsp3) is 0.208. The molecule has 2 aromatic carbocycles. The summed E-state index contributed by atoms with van der Waals surface area (Å²) < 4.78 is 0.950. The van der Waals surface area contributed by atoms with Crippen molar-refractivity contribution in [1.29, 1.82) is 0 Å². The summed E-state index contributed by atoms with van der Waals surface area (Å²) in [5, 5.41) is 5.94. The van der Waals surface area contributed by atoms with Crippen molar-refractivity contribution in [3.63, 3.8) is 0 Å². The van der Waals surface area contributed by atoms with Crippen molar-refractivity contribution < 1.29 is 9.59 Å². The van der Waals surface area contributed by atoms with Crippen molar-refractivity contribution in [2.24, 2.45) is 0 Å². The first-order chi connectivity index (χ1) is 16.0. The van der Waals surface area contributed by atoms with Crippen molar-refractivity contribution in [2.45, 2.75) is 6.42 Å². The zero-order chi connectivity index (χ0) is 23.2. The van der Waals surface area contributed by atoms with Crippen LogP contribution in [-0.2, 0) is 0 Å². The van der Waals surface area contributed by atoms with Crippen LogP contribution in [-0.4, -0.2) is 48.0 Å². The van der Waals surface area contributed by atoms with Crippen LogP contribution in [0.4, 0.5) is 22.0 Å². The maximum Gasteiger partial charge on any atom is 0.323 e. The number of hydrogen-bond donors (Lipinski definition) is 2. The number of amides is 3. The average molecular weight is 529 g/mol. The first kappa shape index (κ1) is 23.1. The van der Waals surface area contributed by atoms with E-state index >= 15 is 0 Å². The van der Waals surface area contributed by atoms with E-state index in [2.05, 4.69) is 36.4 Å². The van der Waals surface area contributed by atoms with Crippen LogP contribution < -0.4 is 15.5 Å². The molecule has 0 bridgehead atoms. The number of carbonyl (C=O) groups excluding carboxylic acids is 2. The van der Waals surface area contributed by atoms with Gasteiger partial charge in [-0.3, -0.25) is 4.79 Å². The molecule has 1 aliphatic rings. The first-order valence-electron chi connectivity index (χ1n) is 10.6. The minimum absolute atomic E-state index is 0.0430. The smallest absolute Gasteiger partial charge is 0.323 e. The van der Waals surface area contributed by atoms with Crippen LogP contribution in [0.25, 0.3) is 0 Å². The number of carbonyl (C=O) groups is 2. The highest BCUT2D eigenvalue weighted by molar-refractivity contribution is 9.10. The third-order valence-corrected chi connectivity index (χ3v) is 6.18. The van der Waals surface area contributed by atoms with Gasteiger partial charge in [0, 0.05) is 36.2 Å². The molecule has 2 N–H and O–H groups in total. The lowest BCUT2D eigenvalue weighted by Gasteiger charge is -2.23. The minimum Gasteiger partial charge on any atom is -0.355 e. The van der Waals surface area contributed by atoms with Gasteiger partial charge in [0.1, 0.15) is 5.82 Å². The number of aromatic nitrogens is 1. The normalized spacial score (nSPS) is 13.9. The molecule has 1 fully saturated rings. The van der Waals surface area contributed by atoms with Crippen LogP contribution >= 0.6 is 27.5 Å². The molecule has 170 valence electrons. The third-order valence-electron chi connectivity index (χ3n) is 5.33. The second-order valence-corrected chi connectivity index (χ2v) is 8.93. The number of nitrogens with one attached hydrogen (secondary N) is 2. The van der Waals surface area contributed by atoms with Gasteiger partial charge in [0.2, 0.25) is 0 Å². The highest BCUT2D eigenvalue weighted by atomic mass is 79.9. The molecular weight excluding hydrogens is 506 g/mol. The highest BCUT2D eigenvalue weighted by Gasteiger charge is 2.21. The van der Waals surface area contributed by atoms with Crippen LogP contribution in [0.3, 0.4) is 0 Å². The van der Waals surface area contributed by atoms with Gasteiger partial charge in [0.05, 0.1) is 22.6 Å². The molecule has 0 aliphatic carbocycles. The number of hydrogen-bond acceptors (Lipinski definition) is 4. The second kappa shape index (κ2) is 10.7. The van der Waals surface area contributed by atoms with Crippen LogP contribution in [0.5, 0.6) is 0 Å². The largest absolute Gasteiger partial charge is 0.355 e. The number of para-hydroxylation sites is 1. The van der Waals surface area contributed by atoms with E-state index in [1.165, 1.54) is 0 Å². The van der Waals surface area contributed by atoms with Crippen molar-refractivity contribution in [3.8, 4) is 0 Å². The minimum atomic E-state index is -0.394. The van der Waals surface area contributed by atoms with Gasteiger partial charge < -0.3 is 20.4 Å². The van der Waals surface area contributed by atoms with E-state index in [0.29, 0.717) is 41.6 Å². The third kappa shape index (κ3) is 6.03. The van der Waals surface area contributed by atoms with Gasteiger partial charge in [-0.1, -0.05) is 39.7 Å². The Morgan fingerprint density at radius 3 is 2.42 bits per heavy atom. The topological polar surface area (TPSA) is 77.6 Å². The molecule has 1 aromatic heterocycles. The van der Waals surface area contributed by atoms with Gasteiger partial charge in [-0.05, 0) is 55.0 Å². The molecule has 0 unspecified atom stereocenters. The monoisotopic (exact) mass is 527 g/mol. The molecule has 7 nitrogen and oxygen atoms in total. The van der Waals surface area contributed by atoms with E-state index in [0.717, 1.165) is 23.3 Å². The Bertz CT molecular complexity index is 1120. The zero-order valence-corrected chi connectivity index (χ0v) is 20.1. The molecule has 1 saturated heterocycles. The molecule has 9 heteroatoms. The van der Waals surface area contributed by atoms with E-state index in [-0.39, 0.29) is 5.91 Å². The van der Waals surface area contributed by atoms with Gasteiger partial charge in [-0.15, -0.1) is 0 Å². The number of anilines is 3. The number of benzene rings is 2. The van der Waals surface area contributed by atoms with Crippen LogP contribution in [0.15, 0.2) is 71.3 Å². The quantitative estimate of drug-likeness (QED) is 0.469. The Hall–Kier alpha value is -3.10. The maximum atomic E-state index is 12.8. The summed E-state index contributed by atoms with van der Waals surface area (Å²) in [7, 11) is 0. The molecule has 0 atom stereocenters. The second-order valence-electron chi connectivity index (χ2n) is 7.60. The van der Waals surface area contributed by atoms with E-state index in [9.17, 15) is 9.59 Å². The summed E-state index contributed by atoms with van der Waals surface area (Å²) in [5.74, 6) is 0.853. The Balaban J connectivity index is 1.33. The SMILES string of the molecule is O=C(Nc1ccc(N2CCCN(C(=O)c3ccc(Br)cc3)CC2)nc1)Nc1ccccc1Cl. The lowest BCUT2D eigenvalue weighted by molar-refractivity contribution is 0.0767. The number of nitrogens with zero attached hydrogens (tertiary/aromatic N) is 3. The van der Waals surface area contributed by atoms with Crippen molar-refractivity contribution in [2.75, 3.05) is 41.7 Å². The van der Waals surface area contributed by atoms with Gasteiger partial charge in [0.25, 0.3) is 5.91 Å². The van der Waals surface area contributed by atoms with E-state index in [1.807, 2.05) is 41.3 Å². The van der Waals surface area contributed by atoms with Gasteiger partial charge in [-0.25, -0.2) is 9.78 Å². The summed E-state index contributed by atoms with van der Waals surface area (Å²) in [4.78, 5) is 33.6. The van der Waals surface area contributed by atoms with Gasteiger partial charge in [-0.2, -0.15) is 0 Å². The summed E-state index contributed by atoms with van der Waals surface area (Å²) in [6.45, 7) is 2.82. The Morgan fingerprint density at radius 2 is 1.70 bits per heavy atom. The van der Waals surface area contributed by atoms with Crippen LogP contribution in [0.1, 0.15) is 16.8 Å². The van der Waals surface area contributed by atoms with Crippen molar-refractivity contribution in [1.82, 2.24) is 9.88 Å². The van der Waals surface area contributed by atoms with Gasteiger partial charge >= 0.3 is 6.03 Å². The lowest BCUT2D eigenvalue weighted by atomic mass is 10.2. The molecular formula is C24H23BrClN5O2. The summed E-state index contributed by atoms with van der Waals surface area (Å²) >= 11 is 9.48. The zero-order valence-electron chi connectivity index (χ0n) is 17.8. The molecule has 2 heterocycles. The average Bonchev–Trinajstić information content (AvgIpc) is 3.07. The maximum absolute atomic E-state index is 12.8. The predicted octanol–water partition coefficient (Wildman–Crippen LogP) is 5.49. The number of pyridine rings is 1. The van der Waals surface area contributed by atoms with Crippen molar-refractivity contribution in [3.05, 3.63) is 81.9 Å². The summed E-state index contributed by atoms with van der Waals surface area (Å²) in [5.41, 5.74) is 1.80. The van der Waals surface area contributed by atoms with E-state index in [4.69, 9.17) is 11.6 Å². The Labute approximate surface area is 205 Å². The van der Waals surface area contributed by atoms with E-state index in [1.54, 1.807) is 30.5 Å². The molecule has 4 rings (SSSR count). The van der Waals surface area contributed by atoms with Crippen LogP contribution in [0, 0.1) is 0 Å². The number of urea groups is 1. The fourth-order valence-corrected chi connectivity index (χ4v) is 4.07. The molecule has 3 aromatic rings. The molecule has 0 spiro atoms. The molecule has 33 heavy (non-hydrogen) atoms. The van der Waals surface area contributed by atoms with Crippen molar-refractivity contribution >= 4 is 56.7 Å². The first-order valence-corrected chi connectivity index (χ1v) is 11.7. The summed E-state index contributed by atoms with van der Waals surface area (Å²) in [6, 6.07) is 17.8. The predicted molar refractivity (Wildman–Crippen MR) is 135 cm³/mol. The fourth-order valence-electron chi connectivity index (χ4n) is 3.62. The van der Waals surface area contributed by atoms with E-state index < -0.39 is 6.03 Å². The van der Waals surface area contributed by atoms with Crippen LogP contribution in [0.2, 0.25) is 5.02 Å². The number of rotatable bonds is 4. The standard InChI is InChI=1S/C24H23BrClN5O2/c25-18-8-6-17(7-9-18)23(32)31-13-3-12-30(14-15-31)22-11-10-19(16-27-22)28-24(33)29-21-5-2-1-4-20(21)26/h1-2,4-11,16H,3,12-15H2,(H2,28,29,33). The summed E-state index contributed by atoms with van der Waals surface area (Å²) in [6.07, 6.45) is 2.47. The molecule has 3 amide bonds. The lowest BCUT2D eigenvalue weighted by Crippen LogP contribution is -2.35. The molecule has 0 radical (unpaired) electrons.